The normalized spacial score (nSPS) is 23.0. The van der Waals surface area contributed by atoms with Crippen LogP contribution < -0.4 is 10.6 Å². The van der Waals surface area contributed by atoms with Gasteiger partial charge in [-0.2, -0.15) is 0 Å². The predicted octanol–water partition coefficient (Wildman–Crippen LogP) is 1.49. The Morgan fingerprint density at radius 2 is 1.91 bits per heavy atom. The minimum atomic E-state index is -0.986. The fourth-order valence-electron chi connectivity index (χ4n) is 2.74. The first-order valence-electron chi connectivity index (χ1n) is 7.24. The van der Waals surface area contributed by atoms with Crippen molar-refractivity contribution in [1.29, 1.82) is 0 Å². The van der Waals surface area contributed by atoms with Gasteiger partial charge in [-0.1, -0.05) is 32.0 Å². The van der Waals surface area contributed by atoms with Gasteiger partial charge in [-0.05, 0) is 24.5 Å². The van der Waals surface area contributed by atoms with Crippen molar-refractivity contribution < 1.29 is 19.5 Å². The molecular formula is C16H20N2O4. The molecule has 0 saturated heterocycles. The Morgan fingerprint density at radius 1 is 1.27 bits per heavy atom. The van der Waals surface area contributed by atoms with Crippen LogP contribution in [-0.2, 0) is 14.4 Å². The maximum absolute atomic E-state index is 12.0. The van der Waals surface area contributed by atoms with Gasteiger partial charge in [0.2, 0.25) is 11.8 Å². The highest BCUT2D eigenvalue weighted by Crippen LogP contribution is 2.58. The van der Waals surface area contributed by atoms with Crippen LogP contribution in [0.15, 0.2) is 30.3 Å². The molecule has 3 N–H and O–H groups in total. The van der Waals surface area contributed by atoms with Gasteiger partial charge >= 0.3 is 5.97 Å². The molecule has 1 fully saturated rings. The lowest BCUT2D eigenvalue weighted by molar-refractivity contribution is -0.147. The topological polar surface area (TPSA) is 95.5 Å². The Kier molecular flexibility index (Phi) is 4.49. The number of carboxylic acids is 1. The molecule has 1 saturated carbocycles. The standard InChI is InChI=1S/C16H20N2O4/c1-10(2)16(15(21)22)8-12(16)14(20)17-9-13(19)18-11-6-4-3-5-7-11/h3-7,10,12H,8-9H2,1-2H3,(H,17,20)(H,18,19)(H,21,22). The van der Waals surface area contributed by atoms with E-state index in [2.05, 4.69) is 10.6 Å². The molecule has 0 radical (unpaired) electrons. The fourth-order valence-corrected chi connectivity index (χ4v) is 2.74. The summed E-state index contributed by atoms with van der Waals surface area (Å²) < 4.78 is 0. The molecule has 1 aliphatic rings. The Balaban J connectivity index is 1.84. The Bertz CT molecular complexity index is 585. The monoisotopic (exact) mass is 304 g/mol. The molecule has 2 amide bonds. The van der Waals surface area contributed by atoms with Crippen LogP contribution in [0.2, 0.25) is 0 Å². The van der Waals surface area contributed by atoms with Gasteiger partial charge in [0.1, 0.15) is 0 Å². The Morgan fingerprint density at radius 3 is 2.41 bits per heavy atom. The Labute approximate surface area is 128 Å². The number of nitrogens with one attached hydrogen (secondary N) is 2. The number of rotatable bonds is 6. The van der Waals surface area contributed by atoms with E-state index >= 15 is 0 Å². The van der Waals surface area contributed by atoms with E-state index in [0.29, 0.717) is 12.1 Å². The zero-order valence-electron chi connectivity index (χ0n) is 12.6. The van der Waals surface area contributed by atoms with Crippen LogP contribution >= 0.6 is 0 Å². The van der Waals surface area contributed by atoms with Crippen LogP contribution in [0.1, 0.15) is 20.3 Å². The fraction of sp³-hybridized carbons (Fsp3) is 0.438. The Hall–Kier alpha value is -2.37. The van der Waals surface area contributed by atoms with E-state index in [1.54, 1.807) is 38.1 Å². The van der Waals surface area contributed by atoms with Crippen LogP contribution in [0.25, 0.3) is 0 Å². The van der Waals surface area contributed by atoms with E-state index in [1.807, 2.05) is 6.07 Å². The van der Waals surface area contributed by atoms with Gasteiger partial charge in [-0.15, -0.1) is 0 Å². The van der Waals surface area contributed by atoms with E-state index in [0.717, 1.165) is 0 Å². The van der Waals surface area contributed by atoms with Crippen LogP contribution in [-0.4, -0.2) is 29.4 Å². The quantitative estimate of drug-likeness (QED) is 0.742. The number of carbonyl (C=O) groups is 3. The highest BCUT2D eigenvalue weighted by Gasteiger charge is 2.65. The molecule has 6 heteroatoms. The number of para-hydroxylation sites is 1. The van der Waals surface area contributed by atoms with Crippen LogP contribution in [0, 0.1) is 17.3 Å². The summed E-state index contributed by atoms with van der Waals surface area (Å²) in [5.74, 6) is -2.35. The minimum Gasteiger partial charge on any atom is -0.481 e. The highest BCUT2D eigenvalue weighted by molar-refractivity contribution is 5.97. The molecule has 2 unspecified atom stereocenters. The number of aliphatic carboxylic acids is 1. The summed E-state index contributed by atoms with van der Waals surface area (Å²) in [4.78, 5) is 35.1. The molecule has 0 aliphatic heterocycles. The molecule has 0 spiro atoms. The summed E-state index contributed by atoms with van der Waals surface area (Å²) in [6.45, 7) is 3.42. The van der Waals surface area contributed by atoms with Gasteiger partial charge < -0.3 is 15.7 Å². The molecule has 1 aliphatic carbocycles. The molecule has 118 valence electrons. The first-order chi connectivity index (χ1) is 10.4. The van der Waals surface area contributed by atoms with E-state index in [1.165, 1.54) is 0 Å². The lowest BCUT2D eigenvalue weighted by Gasteiger charge is -2.16. The third-order valence-corrected chi connectivity index (χ3v) is 4.23. The van der Waals surface area contributed by atoms with Crippen LogP contribution in [0.5, 0.6) is 0 Å². The lowest BCUT2D eigenvalue weighted by Crippen LogP contribution is -2.37. The zero-order valence-corrected chi connectivity index (χ0v) is 12.6. The summed E-state index contributed by atoms with van der Waals surface area (Å²) in [6.07, 6.45) is 0.326. The minimum absolute atomic E-state index is 0.126. The maximum Gasteiger partial charge on any atom is 0.310 e. The van der Waals surface area contributed by atoms with Crippen molar-refractivity contribution in [2.24, 2.45) is 17.3 Å². The molecule has 0 heterocycles. The molecule has 1 aromatic rings. The van der Waals surface area contributed by atoms with Gasteiger partial charge in [-0.3, -0.25) is 14.4 Å². The van der Waals surface area contributed by atoms with Gasteiger partial charge in [0.15, 0.2) is 0 Å². The number of carbonyl (C=O) groups excluding carboxylic acids is 2. The average Bonchev–Trinajstić information content (AvgIpc) is 3.23. The molecule has 6 nitrogen and oxygen atoms in total. The summed E-state index contributed by atoms with van der Waals surface area (Å²) in [6, 6.07) is 8.91. The van der Waals surface area contributed by atoms with Crippen molar-refractivity contribution in [3.63, 3.8) is 0 Å². The van der Waals surface area contributed by atoms with Crippen LogP contribution in [0.4, 0.5) is 5.69 Å². The average molecular weight is 304 g/mol. The summed E-state index contributed by atoms with van der Waals surface area (Å²) >= 11 is 0. The largest absolute Gasteiger partial charge is 0.481 e. The molecule has 0 bridgehead atoms. The second-order valence-corrected chi connectivity index (χ2v) is 5.89. The number of hydrogen-bond acceptors (Lipinski definition) is 3. The van der Waals surface area contributed by atoms with E-state index in [-0.39, 0.29) is 24.3 Å². The zero-order chi connectivity index (χ0) is 16.3. The van der Waals surface area contributed by atoms with Crippen molar-refractivity contribution in [3.8, 4) is 0 Å². The summed E-state index contributed by atoms with van der Waals surface area (Å²) in [5, 5.41) is 14.5. The summed E-state index contributed by atoms with van der Waals surface area (Å²) in [7, 11) is 0. The van der Waals surface area contributed by atoms with Crippen molar-refractivity contribution in [3.05, 3.63) is 30.3 Å². The first-order valence-corrected chi connectivity index (χ1v) is 7.24. The van der Waals surface area contributed by atoms with Crippen molar-refractivity contribution >= 4 is 23.5 Å². The molecular weight excluding hydrogens is 284 g/mol. The van der Waals surface area contributed by atoms with Gasteiger partial charge in [0.05, 0.1) is 17.9 Å². The predicted molar refractivity (Wildman–Crippen MR) is 81.1 cm³/mol. The smallest absolute Gasteiger partial charge is 0.310 e. The number of hydrogen-bond donors (Lipinski definition) is 3. The van der Waals surface area contributed by atoms with Crippen LogP contribution in [0.3, 0.4) is 0 Å². The van der Waals surface area contributed by atoms with E-state index in [4.69, 9.17) is 0 Å². The van der Waals surface area contributed by atoms with Gasteiger partial charge in [0.25, 0.3) is 0 Å². The number of benzene rings is 1. The number of amides is 2. The van der Waals surface area contributed by atoms with Gasteiger partial charge in [0, 0.05) is 5.69 Å². The SMILES string of the molecule is CC(C)C1(C(=O)O)CC1C(=O)NCC(=O)Nc1ccccc1. The molecule has 1 aromatic carbocycles. The second kappa shape index (κ2) is 6.17. The molecule has 2 atom stereocenters. The number of carboxylic acid groups (broad SMARTS) is 1. The first kappa shape index (κ1) is 16.0. The maximum atomic E-state index is 12.0. The van der Waals surface area contributed by atoms with Crippen molar-refractivity contribution in [1.82, 2.24) is 5.32 Å². The second-order valence-electron chi connectivity index (χ2n) is 5.89. The third-order valence-electron chi connectivity index (χ3n) is 4.23. The number of anilines is 1. The molecule has 22 heavy (non-hydrogen) atoms. The van der Waals surface area contributed by atoms with Crippen molar-refractivity contribution in [2.75, 3.05) is 11.9 Å². The highest BCUT2D eigenvalue weighted by atomic mass is 16.4. The molecule has 2 rings (SSSR count). The lowest BCUT2D eigenvalue weighted by atomic mass is 9.89. The summed E-state index contributed by atoms with van der Waals surface area (Å²) in [5.41, 5.74) is -0.338. The third kappa shape index (κ3) is 3.10. The van der Waals surface area contributed by atoms with E-state index in [9.17, 15) is 19.5 Å². The molecule has 0 aromatic heterocycles. The van der Waals surface area contributed by atoms with E-state index < -0.39 is 17.3 Å². The van der Waals surface area contributed by atoms with Gasteiger partial charge in [-0.25, -0.2) is 0 Å². The van der Waals surface area contributed by atoms with Crippen molar-refractivity contribution in [2.45, 2.75) is 20.3 Å².